The summed E-state index contributed by atoms with van der Waals surface area (Å²) in [5.41, 5.74) is 0.984. The van der Waals surface area contributed by atoms with Gasteiger partial charge >= 0.3 is 0 Å². The maximum absolute atomic E-state index is 15.2. The minimum atomic E-state index is -0.284. The maximum Gasteiger partial charge on any atom is 0.262 e. The van der Waals surface area contributed by atoms with E-state index >= 15 is 4.39 Å². The molecule has 0 radical (unpaired) electrons. The Labute approximate surface area is 211 Å². The van der Waals surface area contributed by atoms with Gasteiger partial charge in [0.05, 0.1) is 23.6 Å². The van der Waals surface area contributed by atoms with Gasteiger partial charge in [-0.2, -0.15) is 0 Å². The third kappa shape index (κ3) is 4.62. The van der Waals surface area contributed by atoms with Crippen molar-refractivity contribution in [2.75, 3.05) is 37.7 Å². The molecule has 6 rings (SSSR count). The second-order valence-electron chi connectivity index (χ2n) is 10.5. The van der Waals surface area contributed by atoms with Gasteiger partial charge in [-0.15, -0.1) is 0 Å². The zero-order valence-electron chi connectivity index (χ0n) is 20.9. The summed E-state index contributed by atoms with van der Waals surface area (Å²) < 4.78 is 28.5. The van der Waals surface area contributed by atoms with Crippen molar-refractivity contribution >= 4 is 16.5 Å². The lowest BCUT2D eigenvalue weighted by Crippen LogP contribution is -2.35. The van der Waals surface area contributed by atoms with Crippen LogP contribution in [0.4, 0.5) is 10.1 Å². The van der Waals surface area contributed by atoms with Gasteiger partial charge < -0.3 is 14.4 Å². The number of anilines is 1. The van der Waals surface area contributed by atoms with E-state index in [-0.39, 0.29) is 23.6 Å². The molecule has 7 heteroatoms. The van der Waals surface area contributed by atoms with Gasteiger partial charge in [0.1, 0.15) is 18.2 Å². The Hall–Kier alpha value is -2.90. The van der Waals surface area contributed by atoms with Gasteiger partial charge in [-0.1, -0.05) is 0 Å². The number of fused-ring (bicyclic) bond motifs is 1. The number of nitrogens with zero attached hydrogens (tertiary/aromatic N) is 3. The average Bonchev–Trinajstić information content (AvgIpc) is 3.65. The van der Waals surface area contributed by atoms with E-state index in [0.29, 0.717) is 29.4 Å². The topological polar surface area (TPSA) is 46.9 Å². The van der Waals surface area contributed by atoms with Gasteiger partial charge in [0, 0.05) is 36.8 Å². The molecule has 3 atom stereocenters. The fourth-order valence-corrected chi connectivity index (χ4v) is 5.98. The molecule has 6 nitrogen and oxygen atoms in total. The zero-order chi connectivity index (χ0) is 24.6. The van der Waals surface area contributed by atoms with Gasteiger partial charge in [0.15, 0.2) is 0 Å². The van der Waals surface area contributed by atoms with Crippen LogP contribution in [-0.4, -0.2) is 60.5 Å². The van der Waals surface area contributed by atoms with Gasteiger partial charge in [-0.05, 0) is 93.9 Å². The third-order valence-corrected chi connectivity index (χ3v) is 8.00. The molecule has 3 aliphatic heterocycles. The fourth-order valence-electron chi connectivity index (χ4n) is 5.98. The summed E-state index contributed by atoms with van der Waals surface area (Å²) in [5.74, 6) is 0.435. The summed E-state index contributed by atoms with van der Waals surface area (Å²) in [7, 11) is 0. The molecule has 0 amide bonds. The second-order valence-corrected chi connectivity index (χ2v) is 10.5. The summed E-state index contributed by atoms with van der Waals surface area (Å²) in [4.78, 5) is 17.9. The summed E-state index contributed by atoms with van der Waals surface area (Å²) in [6.07, 6.45) is 7.79. The molecule has 0 aliphatic carbocycles. The average molecular weight is 492 g/mol. The minimum Gasteiger partial charge on any atom is -0.491 e. The van der Waals surface area contributed by atoms with Crippen molar-refractivity contribution in [2.45, 2.75) is 57.3 Å². The molecule has 0 bridgehead atoms. The number of rotatable bonds is 6. The Balaban J connectivity index is 1.18. The molecule has 3 fully saturated rings. The molecule has 0 N–H and O–H groups in total. The quantitative estimate of drug-likeness (QED) is 0.498. The number of hydrogen-bond acceptors (Lipinski definition) is 5. The van der Waals surface area contributed by atoms with Gasteiger partial charge in [-0.25, -0.2) is 4.39 Å². The Kier molecular flexibility index (Phi) is 6.44. The van der Waals surface area contributed by atoms with E-state index in [1.54, 1.807) is 12.3 Å². The van der Waals surface area contributed by atoms with E-state index in [2.05, 4.69) is 16.7 Å². The summed E-state index contributed by atoms with van der Waals surface area (Å²) in [6, 6.07) is 13.0. The molecule has 0 spiro atoms. The van der Waals surface area contributed by atoms with Crippen LogP contribution in [0.3, 0.4) is 0 Å². The first-order chi connectivity index (χ1) is 17.5. The standard InChI is InChI=1S/C29H34FN3O3/c1-20-4-6-25(36-20)19-35-24-7-8-26-21(16-24)10-15-33(29(26)34)22-5-9-28(27(30)17-22)32-14-11-23(18-32)31-12-2-3-13-31/h5,7-10,15-17,20,23,25H,2-4,6,11-14,18-19H2,1H3/t20?,23-,25?/m1/s1. The molecular weight excluding hydrogens is 457 g/mol. The van der Waals surface area contributed by atoms with Crippen LogP contribution >= 0.6 is 0 Å². The second kappa shape index (κ2) is 9.87. The number of hydrogen-bond donors (Lipinski definition) is 0. The maximum atomic E-state index is 15.2. The lowest BCUT2D eigenvalue weighted by molar-refractivity contribution is 0.0265. The van der Waals surface area contributed by atoms with Crippen LogP contribution in [0, 0.1) is 5.82 Å². The molecule has 3 saturated heterocycles. The van der Waals surface area contributed by atoms with Crippen LogP contribution in [-0.2, 0) is 4.74 Å². The number of benzene rings is 2. The Bertz CT molecular complexity index is 1300. The van der Waals surface area contributed by atoms with Crippen LogP contribution in [0.2, 0.25) is 0 Å². The predicted molar refractivity (Wildman–Crippen MR) is 140 cm³/mol. The lowest BCUT2D eigenvalue weighted by atomic mass is 10.1. The van der Waals surface area contributed by atoms with Gasteiger partial charge in [-0.3, -0.25) is 14.3 Å². The highest BCUT2D eigenvalue weighted by Crippen LogP contribution is 2.29. The lowest BCUT2D eigenvalue weighted by Gasteiger charge is -2.25. The van der Waals surface area contributed by atoms with Crippen LogP contribution in [0.5, 0.6) is 5.75 Å². The van der Waals surface area contributed by atoms with Gasteiger partial charge in [0.25, 0.3) is 5.56 Å². The van der Waals surface area contributed by atoms with E-state index in [1.807, 2.05) is 30.3 Å². The summed E-state index contributed by atoms with van der Waals surface area (Å²) in [6.45, 7) is 6.64. The molecule has 36 heavy (non-hydrogen) atoms. The monoisotopic (exact) mass is 491 g/mol. The van der Waals surface area contributed by atoms with Crippen molar-refractivity contribution in [1.29, 1.82) is 0 Å². The molecule has 2 unspecified atom stereocenters. The number of aromatic nitrogens is 1. The first-order valence-corrected chi connectivity index (χ1v) is 13.3. The first-order valence-electron chi connectivity index (χ1n) is 13.3. The van der Waals surface area contributed by atoms with E-state index < -0.39 is 0 Å². The number of likely N-dealkylation sites (tertiary alicyclic amines) is 1. The molecule has 3 aromatic rings. The van der Waals surface area contributed by atoms with Gasteiger partial charge in [0.2, 0.25) is 0 Å². The van der Waals surface area contributed by atoms with E-state index in [9.17, 15) is 4.79 Å². The van der Waals surface area contributed by atoms with Crippen LogP contribution in [0.15, 0.2) is 53.5 Å². The van der Waals surface area contributed by atoms with Crippen molar-refractivity contribution in [3.8, 4) is 11.4 Å². The summed E-state index contributed by atoms with van der Waals surface area (Å²) in [5, 5.41) is 1.38. The normalized spacial score (nSPS) is 24.7. The van der Waals surface area contributed by atoms with Crippen molar-refractivity contribution in [3.63, 3.8) is 0 Å². The van der Waals surface area contributed by atoms with E-state index in [0.717, 1.165) is 56.6 Å². The number of pyridine rings is 1. The predicted octanol–water partition coefficient (Wildman–Crippen LogP) is 4.75. The molecule has 0 saturated carbocycles. The molecule has 1 aromatic heterocycles. The van der Waals surface area contributed by atoms with E-state index in [1.165, 1.54) is 23.5 Å². The number of ether oxygens (including phenoxy) is 2. The van der Waals surface area contributed by atoms with Crippen molar-refractivity contribution in [3.05, 3.63) is 64.8 Å². The Morgan fingerprint density at radius 2 is 1.89 bits per heavy atom. The third-order valence-electron chi connectivity index (χ3n) is 8.00. The van der Waals surface area contributed by atoms with Crippen molar-refractivity contribution < 1.29 is 13.9 Å². The molecule has 4 heterocycles. The fraction of sp³-hybridized carbons (Fsp3) is 0.483. The van der Waals surface area contributed by atoms with E-state index in [4.69, 9.17) is 9.47 Å². The summed E-state index contributed by atoms with van der Waals surface area (Å²) >= 11 is 0. The Morgan fingerprint density at radius 1 is 1.03 bits per heavy atom. The zero-order valence-corrected chi connectivity index (χ0v) is 20.9. The Morgan fingerprint density at radius 3 is 2.67 bits per heavy atom. The molecule has 190 valence electrons. The first kappa shape index (κ1) is 23.5. The van der Waals surface area contributed by atoms with Crippen LogP contribution < -0.4 is 15.2 Å². The highest BCUT2D eigenvalue weighted by molar-refractivity contribution is 5.83. The molecule has 3 aliphatic rings. The highest BCUT2D eigenvalue weighted by atomic mass is 19.1. The smallest absolute Gasteiger partial charge is 0.262 e. The molecular formula is C29H34FN3O3. The van der Waals surface area contributed by atoms with Crippen molar-refractivity contribution in [2.24, 2.45) is 0 Å². The molecule has 2 aromatic carbocycles. The SMILES string of the molecule is CC1CCC(COc2ccc3c(=O)n(-c4ccc(N5CC[C@@H](N6CCCC6)C5)c(F)c4)ccc3c2)O1. The van der Waals surface area contributed by atoms with Crippen LogP contribution in [0.25, 0.3) is 16.5 Å². The highest BCUT2D eigenvalue weighted by Gasteiger charge is 2.30. The minimum absolute atomic E-state index is 0.119. The van der Waals surface area contributed by atoms with Crippen molar-refractivity contribution in [1.82, 2.24) is 9.47 Å². The van der Waals surface area contributed by atoms with Crippen LogP contribution in [0.1, 0.15) is 39.0 Å². The largest absolute Gasteiger partial charge is 0.491 e. The number of halogens is 1.